The van der Waals surface area contributed by atoms with E-state index in [0.29, 0.717) is 27.2 Å². The number of rotatable bonds is 10. The predicted octanol–water partition coefficient (Wildman–Crippen LogP) is 6.19. The third kappa shape index (κ3) is 8.17. The van der Waals surface area contributed by atoms with Gasteiger partial charge in [0.1, 0.15) is 11.8 Å². The van der Waals surface area contributed by atoms with Gasteiger partial charge in [-0.05, 0) is 55.3 Å². The molecule has 3 aromatic rings. The van der Waals surface area contributed by atoms with Crippen LogP contribution in [0.25, 0.3) is 0 Å². The third-order valence-corrected chi connectivity index (χ3v) is 6.00. The van der Waals surface area contributed by atoms with Crippen molar-refractivity contribution >= 4 is 46.6 Å². The van der Waals surface area contributed by atoms with Crippen molar-refractivity contribution in [1.29, 1.82) is 0 Å². The number of halogens is 3. The molecule has 0 aliphatic heterocycles. The Balaban J connectivity index is 1.91. The van der Waals surface area contributed by atoms with Crippen LogP contribution in [0.15, 0.2) is 72.8 Å². The molecule has 0 bridgehead atoms. The van der Waals surface area contributed by atoms with Crippen LogP contribution in [0.1, 0.15) is 25.0 Å². The topological polar surface area (TPSA) is 58.6 Å². The molecule has 35 heavy (non-hydrogen) atoms. The number of amides is 2. The molecule has 184 valence electrons. The number of hydrogen-bond donors (Lipinski definition) is 1. The van der Waals surface area contributed by atoms with E-state index in [9.17, 15) is 9.59 Å². The minimum absolute atomic E-state index is 0.0858. The summed E-state index contributed by atoms with van der Waals surface area (Å²) in [6.45, 7) is 3.68. The summed E-state index contributed by atoms with van der Waals surface area (Å²) in [4.78, 5) is 28.4. The summed E-state index contributed by atoms with van der Waals surface area (Å²) in [5.74, 6) is -0.261. The molecule has 0 radical (unpaired) electrons. The Bertz CT molecular complexity index is 1140. The molecule has 1 N–H and O–H groups in total. The van der Waals surface area contributed by atoms with Crippen LogP contribution in [0.5, 0.6) is 5.75 Å². The average molecular weight is 534 g/mol. The highest BCUT2D eigenvalue weighted by atomic mass is 35.5. The molecular weight excluding hydrogens is 507 g/mol. The van der Waals surface area contributed by atoms with Gasteiger partial charge in [-0.15, -0.1) is 0 Å². The largest absolute Gasteiger partial charge is 0.482 e. The summed E-state index contributed by atoms with van der Waals surface area (Å²) in [5, 5.41) is 4.30. The van der Waals surface area contributed by atoms with Crippen molar-refractivity contribution in [3.05, 3.63) is 99.0 Å². The van der Waals surface area contributed by atoms with E-state index in [4.69, 9.17) is 39.5 Å². The minimum atomic E-state index is -0.757. The van der Waals surface area contributed by atoms with Gasteiger partial charge < -0.3 is 15.0 Å². The Hall–Kier alpha value is -2.73. The lowest BCUT2D eigenvalue weighted by Gasteiger charge is -2.32. The summed E-state index contributed by atoms with van der Waals surface area (Å²) in [5.41, 5.74) is 1.77. The fourth-order valence-electron chi connectivity index (χ4n) is 3.54. The first kappa shape index (κ1) is 26.9. The SMILES string of the molecule is CC(C)NC(=O)C(Cc1ccccc1)N(Cc1ccc(Cl)cc1)C(=O)COc1ccc(Cl)cc1Cl. The molecule has 1 atom stereocenters. The molecule has 0 aliphatic rings. The van der Waals surface area contributed by atoms with Gasteiger partial charge in [0.2, 0.25) is 5.91 Å². The first-order valence-electron chi connectivity index (χ1n) is 11.2. The minimum Gasteiger partial charge on any atom is -0.482 e. The van der Waals surface area contributed by atoms with E-state index in [2.05, 4.69) is 5.32 Å². The van der Waals surface area contributed by atoms with E-state index in [1.165, 1.54) is 4.90 Å². The Morgan fingerprint density at radius 2 is 1.54 bits per heavy atom. The molecule has 2 amide bonds. The maximum absolute atomic E-state index is 13.5. The number of carbonyl (C=O) groups is 2. The summed E-state index contributed by atoms with van der Waals surface area (Å²) < 4.78 is 5.72. The Kier molecular flexibility index (Phi) is 9.84. The normalized spacial score (nSPS) is 11.7. The second kappa shape index (κ2) is 12.8. The second-order valence-corrected chi connectivity index (χ2v) is 9.66. The van der Waals surface area contributed by atoms with E-state index >= 15 is 0 Å². The number of carbonyl (C=O) groups excluding carboxylic acids is 2. The molecule has 3 aromatic carbocycles. The zero-order chi connectivity index (χ0) is 25.4. The quantitative estimate of drug-likeness (QED) is 0.338. The number of benzene rings is 3. The van der Waals surface area contributed by atoms with E-state index < -0.39 is 6.04 Å². The zero-order valence-corrected chi connectivity index (χ0v) is 21.8. The summed E-state index contributed by atoms with van der Waals surface area (Å²) in [7, 11) is 0. The van der Waals surface area contributed by atoms with Gasteiger partial charge in [0.25, 0.3) is 5.91 Å². The van der Waals surface area contributed by atoms with Crippen molar-refractivity contribution in [1.82, 2.24) is 10.2 Å². The standard InChI is InChI=1S/C27H27Cl3N2O3/c1-18(2)31-27(34)24(14-19-6-4-3-5-7-19)32(16-20-8-10-21(28)11-9-20)26(33)17-35-25-13-12-22(29)15-23(25)30/h3-13,15,18,24H,14,16-17H2,1-2H3,(H,31,34). The Labute approximate surface area is 220 Å². The number of nitrogens with zero attached hydrogens (tertiary/aromatic N) is 1. The van der Waals surface area contributed by atoms with Gasteiger partial charge in [0.05, 0.1) is 5.02 Å². The number of ether oxygens (including phenoxy) is 1. The van der Waals surface area contributed by atoms with Gasteiger partial charge in [0.15, 0.2) is 6.61 Å². The highest BCUT2D eigenvalue weighted by Crippen LogP contribution is 2.27. The summed E-state index contributed by atoms with van der Waals surface area (Å²) >= 11 is 18.2. The van der Waals surface area contributed by atoms with Gasteiger partial charge in [-0.3, -0.25) is 9.59 Å². The lowest BCUT2D eigenvalue weighted by atomic mass is 10.0. The predicted molar refractivity (Wildman–Crippen MR) is 141 cm³/mol. The lowest BCUT2D eigenvalue weighted by Crippen LogP contribution is -2.52. The maximum atomic E-state index is 13.5. The van der Waals surface area contributed by atoms with E-state index in [-0.39, 0.29) is 31.0 Å². The van der Waals surface area contributed by atoms with Crippen molar-refractivity contribution < 1.29 is 14.3 Å². The Morgan fingerprint density at radius 1 is 0.886 bits per heavy atom. The van der Waals surface area contributed by atoms with Crippen molar-refractivity contribution in [3.63, 3.8) is 0 Å². The fraction of sp³-hybridized carbons (Fsp3) is 0.259. The van der Waals surface area contributed by atoms with E-state index in [0.717, 1.165) is 11.1 Å². The monoisotopic (exact) mass is 532 g/mol. The first-order valence-corrected chi connectivity index (χ1v) is 12.3. The molecule has 0 saturated carbocycles. The van der Waals surface area contributed by atoms with Crippen LogP contribution in [0.2, 0.25) is 15.1 Å². The molecular formula is C27H27Cl3N2O3. The average Bonchev–Trinajstić information content (AvgIpc) is 2.82. The van der Waals surface area contributed by atoms with Gasteiger partial charge >= 0.3 is 0 Å². The Morgan fingerprint density at radius 3 is 2.17 bits per heavy atom. The summed E-state index contributed by atoms with van der Waals surface area (Å²) in [6.07, 6.45) is 0.348. The molecule has 8 heteroatoms. The smallest absolute Gasteiger partial charge is 0.261 e. The highest BCUT2D eigenvalue weighted by molar-refractivity contribution is 6.35. The van der Waals surface area contributed by atoms with Gasteiger partial charge in [-0.25, -0.2) is 0 Å². The molecule has 3 rings (SSSR count). The van der Waals surface area contributed by atoms with E-state index in [1.807, 2.05) is 56.3 Å². The first-order chi connectivity index (χ1) is 16.7. The molecule has 0 saturated heterocycles. The van der Waals surface area contributed by atoms with Crippen molar-refractivity contribution in [3.8, 4) is 5.75 Å². The molecule has 0 spiro atoms. The number of hydrogen-bond acceptors (Lipinski definition) is 3. The van der Waals surface area contributed by atoms with Crippen molar-refractivity contribution in [2.75, 3.05) is 6.61 Å². The van der Waals surface area contributed by atoms with Gasteiger partial charge in [0, 0.05) is 29.1 Å². The lowest BCUT2D eigenvalue weighted by molar-refractivity contribution is -0.143. The second-order valence-electron chi connectivity index (χ2n) is 8.38. The zero-order valence-electron chi connectivity index (χ0n) is 19.5. The van der Waals surface area contributed by atoms with Crippen LogP contribution in [0.4, 0.5) is 0 Å². The van der Waals surface area contributed by atoms with Crippen LogP contribution in [-0.4, -0.2) is 35.4 Å². The van der Waals surface area contributed by atoms with Crippen LogP contribution in [0, 0.1) is 0 Å². The van der Waals surface area contributed by atoms with Crippen LogP contribution in [-0.2, 0) is 22.6 Å². The van der Waals surface area contributed by atoms with E-state index in [1.54, 1.807) is 30.3 Å². The molecule has 0 aromatic heterocycles. The van der Waals surface area contributed by atoms with Gasteiger partial charge in [-0.2, -0.15) is 0 Å². The molecule has 5 nitrogen and oxygen atoms in total. The third-order valence-electron chi connectivity index (χ3n) is 5.21. The van der Waals surface area contributed by atoms with Crippen LogP contribution in [0.3, 0.4) is 0 Å². The molecule has 0 aliphatic carbocycles. The summed E-state index contributed by atoms with van der Waals surface area (Å²) in [6, 6.07) is 20.7. The van der Waals surface area contributed by atoms with Crippen LogP contribution < -0.4 is 10.1 Å². The maximum Gasteiger partial charge on any atom is 0.261 e. The fourth-order valence-corrected chi connectivity index (χ4v) is 4.12. The molecule has 1 unspecified atom stereocenters. The van der Waals surface area contributed by atoms with Crippen LogP contribution >= 0.6 is 34.8 Å². The highest BCUT2D eigenvalue weighted by Gasteiger charge is 2.31. The molecule has 0 fully saturated rings. The molecule has 0 heterocycles. The van der Waals surface area contributed by atoms with Crippen molar-refractivity contribution in [2.45, 2.75) is 38.9 Å². The van der Waals surface area contributed by atoms with Gasteiger partial charge in [-0.1, -0.05) is 77.3 Å². The van der Waals surface area contributed by atoms with Crippen molar-refractivity contribution in [2.24, 2.45) is 0 Å². The number of nitrogens with one attached hydrogen (secondary N) is 1.